The number of halogens is 5. The zero-order chi connectivity index (χ0) is 13.1. The summed E-state index contributed by atoms with van der Waals surface area (Å²) in [6.07, 6.45) is -4.83. The Balaban J connectivity index is 2.99. The number of hydrogen-bond donors (Lipinski definition) is 1. The van der Waals surface area contributed by atoms with Crippen molar-refractivity contribution in [2.45, 2.75) is 6.36 Å². The number of amides is 1. The van der Waals surface area contributed by atoms with E-state index in [0.29, 0.717) is 4.47 Å². The zero-order valence-corrected chi connectivity index (χ0v) is 10.5. The fraction of sp³-hybridized carbons (Fsp3) is 0.222. The van der Waals surface area contributed by atoms with Gasteiger partial charge in [-0.3, -0.25) is 4.79 Å². The Labute approximate surface area is 108 Å². The molecule has 0 fully saturated rings. The Morgan fingerprint density at radius 3 is 2.65 bits per heavy atom. The topological polar surface area (TPSA) is 38.3 Å². The summed E-state index contributed by atoms with van der Waals surface area (Å²) in [6, 6.07) is 3.73. The van der Waals surface area contributed by atoms with Crippen LogP contribution in [0, 0.1) is 0 Å². The normalized spacial score (nSPS) is 11.1. The van der Waals surface area contributed by atoms with E-state index in [0.717, 1.165) is 6.07 Å². The molecule has 1 N–H and O–H groups in total. The molecule has 1 amide bonds. The summed E-state index contributed by atoms with van der Waals surface area (Å²) in [5, 5.41) is 2.20. The first-order chi connectivity index (χ1) is 7.81. The molecule has 0 heterocycles. The first kappa shape index (κ1) is 14.1. The highest BCUT2D eigenvalue weighted by atomic mass is 79.9. The summed E-state index contributed by atoms with van der Waals surface area (Å²) in [4.78, 5) is 11.0. The third-order valence-corrected chi connectivity index (χ3v) is 2.30. The lowest BCUT2D eigenvalue weighted by Crippen LogP contribution is -2.20. The number of nitrogens with one attached hydrogen (secondary N) is 1. The van der Waals surface area contributed by atoms with Gasteiger partial charge in [0.25, 0.3) is 0 Å². The van der Waals surface area contributed by atoms with Crippen LogP contribution in [0.4, 0.5) is 18.9 Å². The SMILES string of the molecule is O=C(CCl)Nc1cc(Br)ccc1OC(F)(F)F. The number of alkyl halides is 4. The van der Waals surface area contributed by atoms with Crippen LogP contribution in [-0.2, 0) is 4.79 Å². The number of carbonyl (C=O) groups excluding carboxylic acids is 1. The fourth-order valence-electron chi connectivity index (χ4n) is 0.997. The van der Waals surface area contributed by atoms with Gasteiger partial charge < -0.3 is 10.1 Å². The summed E-state index contributed by atoms with van der Waals surface area (Å²) >= 11 is 8.31. The third-order valence-electron chi connectivity index (χ3n) is 1.56. The number of ether oxygens (including phenoxy) is 1. The van der Waals surface area contributed by atoms with Crippen molar-refractivity contribution in [3.8, 4) is 5.75 Å². The quantitative estimate of drug-likeness (QED) is 0.860. The molecule has 0 aliphatic rings. The molecule has 0 aromatic heterocycles. The van der Waals surface area contributed by atoms with Gasteiger partial charge in [0.1, 0.15) is 5.88 Å². The lowest BCUT2D eigenvalue weighted by molar-refractivity contribution is -0.274. The summed E-state index contributed by atoms with van der Waals surface area (Å²) in [7, 11) is 0. The van der Waals surface area contributed by atoms with Crippen molar-refractivity contribution >= 4 is 39.1 Å². The molecule has 94 valence electrons. The number of rotatable bonds is 3. The van der Waals surface area contributed by atoms with Gasteiger partial charge in [0.2, 0.25) is 5.91 Å². The molecule has 1 aromatic rings. The second kappa shape index (κ2) is 5.59. The van der Waals surface area contributed by atoms with E-state index in [2.05, 4.69) is 26.0 Å². The lowest BCUT2D eigenvalue weighted by atomic mass is 10.3. The molecule has 0 saturated heterocycles. The summed E-state index contributed by atoms with van der Waals surface area (Å²) in [6.45, 7) is 0. The molecule has 1 aromatic carbocycles. The highest BCUT2D eigenvalue weighted by Gasteiger charge is 2.32. The minimum Gasteiger partial charge on any atom is -0.404 e. The van der Waals surface area contributed by atoms with E-state index in [1.807, 2.05) is 0 Å². The van der Waals surface area contributed by atoms with Gasteiger partial charge in [0, 0.05) is 4.47 Å². The van der Waals surface area contributed by atoms with Gasteiger partial charge in [-0.2, -0.15) is 0 Å². The predicted molar refractivity (Wildman–Crippen MR) is 60.2 cm³/mol. The number of anilines is 1. The maximum atomic E-state index is 12.1. The maximum absolute atomic E-state index is 12.1. The molecular weight excluding hydrogens is 326 g/mol. The second-order valence-electron chi connectivity index (χ2n) is 2.87. The molecule has 1 rings (SSSR count). The molecule has 0 saturated carbocycles. The van der Waals surface area contributed by atoms with Crippen LogP contribution in [0.2, 0.25) is 0 Å². The average molecular weight is 333 g/mol. The molecule has 0 radical (unpaired) electrons. The van der Waals surface area contributed by atoms with Gasteiger partial charge in [-0.05, 0) is 18.2 Å². The van der Waals surface area contributed by atoms with Crippen LogP contribution in [0.1, 0.15) is 0 Å². The largest absolute Gasteiger partial charge is 0.573 e. The minimum absolute atomic E-state index is 0.109. The van der Waals surface area contributed by atoms with E-state index in [4.69, 9.17) is 11.6 Å². The van der Waals surface area contributed by atoms with Crippen molar-refractivity contribution in [1.29, 1.82) is 0 Å². The van der Waals surface area contributed by atoms with Gasteiger partial charge in [-0.25, -0.2) is 0 Å². The fourth-order valence-corrected chi connectivity index (χ4v) is 1.43. The van der Waals surface area contributed by atoms with Crippen LogP contribution in [0.5, 0.6) is 5.75 Å². The van der Waals surface area contributed by atoms with E-state index < -0.39 is 18.0 Å². The van der Waals surface area contributed by atoms with Gasteiger partial charge >= 0.3 is 6.36 Å². The smallest absolute Gasteiger partial charge is 0.404 e. The predicted octanol–water partition coefficient (Wildman–Crippen LogP) is 3.53. The van der Waals surface area contributed by atoms with Crippen molar-refractivity contribution < 1.29 is 22.7 Å². The molecule has 0 unspecified atom stereocenters. The van der Waals surface area contributed by atoms with E-state index in [1.54, 1.807) is 0 Å². The molecule has 0 spiro atoms. The van der Waals surface area contributed by atoms with Crippen molar-refractivity contribution in [3.05, 3.63) is 22.7 Å². The number of hydrogen-bond acceptors (Lipinski definition) is 2. The molecule has 8 heteroatoms. The van der Waals surface area contributed by atoms with E-state index in [9.17, 15) is 18.0 Å². The van der Waals surface area contributed by atoms with Gasteiger partial charge in [-0.1, -0.05) is 15.9 Å². The third kappa shape index (κ3) is 4.82. The highest BCUT2D eigenvalue weighted by Crippen LogP contribution is 2.32. The van der Waals surface area contributed by atoms with E-state index >= 15 is 0 Å². The molecule has 0 aliphatic carbocycles. The molecule has 0 atom stereocenters. The monoisotopic (exact) mass is 331 g/mol. The lowest BCUT2D eigenvalue weighted by Gasteiger charge is -2.13. The van der Waals surface area contributed by atoms with E-state index in [1.165, 1.54) is 12.1 Å². The first-order valence-electron chi connectivity index (χ1n) is 4.23. The summed E-state index contributed by atoms with van der Waals surface area (Å²) in [5.41, 5.74) is -0.109. The van der Waals surface area contributed by atoms with E-state index in [-0.39, 0.29) is 11.6 Å². The van der Waals surface area contributed by atoms with Crippen molar-refractivity contribution in [3.63, 3.8) is 0 Å². The number of carbonyl (C=O) groups is 1. The number of benzene rings is 1. The first-order valence-corrected chi connectivity index (χ1v) is 5.55. The Morgan fingerprint density at radius 1 is 1.47 bits per heavy atom. The maximum Gasteiger partial charge on any atom is 0.573 e. The van der Waals surface area contributed by atoms with Gasteiger partial charge in [0.15, 0.2) is 5.75 Å². The van der Waals surface area contributed by atoms with Crippen LogP contribution < -0.4 is 10.1 Å². The Kier molecular flexibility index (Phi) is 4.64. The van der Waals surface area contributed by atoms with Crippen LogP contribution >= 0.6 is 27.5 Å². The molecule has 17 heavy (non-hydrogen) atoms. The minimum atomic E-state index is -4.83. The van der Waals surface area contributed by atoms with Crippen molar-refractivity contribution in [2.75, 3.05) is 11.2 Å². The molecule has 3 nitrogen and oxygen atoms in total. The standard InChI is InChI=1S/C9H6BrClF3NO2/c10-5-1-2-7(17-9(12,13)14)6(3-5)15-8(16)4-11/h1-3H,4H2,(H,15,16). The van der Waals surface area contributed by atoms with Gasteiger partial charge in [0.05, 0.1) is 5.69 Å². The van der Waals surface area contributed by atoms with Gasteiger partial charge in [-0.15, -0.1) is 24.8 Å². The Hall–Kier alpha value is -0.950. The average Bonchev–Trinajstić information content (AvgIpc) is 2.20. The summed E-state index contributed by atoms with van der Waals surface area (Å²) in [5.74, 6) is -1.49. The Bertz CT molecular complexity index is 425. The van der Waals surface area contributed by atoms with Crippen molar-refractivity contribution in [1.82, 2.24) is 0 Å². The van der Waals surface area contributed by atoms with Crippen LogP contribution in [0.3, 0.4) is 0 Å². The zero-order valence-electron chi connectivity index (χ0n) is 8.15. The highest BCUT2D eigenvalue weighted by molar-refractivity contribution is 9.10. The van der Waals surface area contributed by atoms with Crippen LogP contribution in [0.15, 0.2) is 22.7 Å². The van der Waals surface area contributed by atoms with Crippen LogP contribution in [0.25, 0.3) is 0 Å². The summed E-state index contributed by atoms with van der Waals surface area (Å²) < 4.78 is 40.5. The van der Waals surface area contributed by atoms with Crippen molar-refractivity contribution in [2.24, 2.45) is 0 Å². The second-order valence-corrected chi connectivity index (χ2v) is 4.05. The molecule has 0 bridgehead atoms. The Morgan fingerprint density at radius 2 is 2.12 bits per heavy atom. The van der Waals surface area contributed by atoms with Crippen LogP contribution in [-0.4, -0.2) is 18.1 Å². The molecular formula is C9H6BrClF3NO2. The molecule has 0 aliphatic heterocycles.